The first-order valence-electron chi connectivity index (χ1n) is 8.33. The lowest BCUT2D eigenvalue weighted by molar-refractivity contribution is -0.131. The third kappa shape index (κ3) is 4.72. The van der Waals surface area contributed by atoms with Crippen LogP contribution >= 0.6 is 0 Å². The predicted octanol–water partition coefficient (Wildman–Crippen LogP) is 4.00. The number of rotatable bonds is 7. The van der Waals surface area contributed by atoms with Gasteiger partial charge >= 0.3 is 5.97 Å². The number of furan rings is 1. The Kier molecular flexibility index (Phi) is 5.67. The van der Waals surface area contributed by atoms with Gasteiger partial charge < -0.3 is 14.4 Å². The minimum absolute atomic E-state index is 0.00920. The second-order valence-corrected chi connectivity index (χ2v) is 6.99. The van der Waals surface area contributed by atoms with E-state index in [4.69, 9.17) is 9.52 Å². The third-order valence-electron chi connectivity index (χ3n) is 4.54. The van der Waals surface area contributed by atoms with E-state index in [-0.39, 0.29) is 23.4 Å². The smallest absolute Gasteiger partial charge is 0.339 e. The van der Waals surface area contributed by atoms with Crippen molar-refractivity contribution in [3.8, 4) is 0 Å². The van der Waals surface area contributed by atoms with Crippen LogP contribution in [0.3, 0.4) is 0 Å². The number of benzene rings is 1. The van der Waals surface area contributed by atoms with Crippen LogP contribution in [0, 0.1) is 6.92 Å². The zero-order valence-corrected chi connectivity index (χ0v) is 15.2. The quantitative estimate of drug-likeness (QED) is 0.825. The molecule has 0 radical (unpaired) electrons. The van der Waals surface area contributed by atoms with Crippen molar-refractivity contribution < 1.29 is 19.1 Å². The van der Waals surface area contributed by atoms with Crippen molar-refractivity contribution in [3.63, 3.8) is 0 Å². The molecule has 0 fully saturated rings. The fourth-order valence-electron chi connectivity index (χ4n) is 2.80. The largest absolute Gasteiger partial charge is 0.478 e. The van der Waals surface area contributed by atoms with Crippen molar-refractivity contribution >= 4 is 11.9 Å². The van der Waals surface area contributed by atoms with Gasteiger partial charge in [0.25, 0.3) is 0 Å². The molecule has 0 atom stereocenters. The normalized spacial score (nSPS) is 11.4. The molecule has 134 valence electrons. The molecule has 0 unspecified atom stereocenters. The molecule has 0 spiro atoms. The van der Waals surface area contributed by atoms with Gasteiger partial charge in [0.1, 0.15) is 17.1 Å². The molecule has 0 bridgehead atoms. The number of carbonyl (C=O) groups excluding carboxylic acids is 1. The maximum absolute atomic E-state index is 12.4. The van der Waals surface area contributed by atoms with E-state index in [2.05, 4.69) is 26.0 Å². The molecular formula is C20H25NO4. The molecule has 1 aromatic carbocycles. The molecule has 25 heavy (non-hydrogen) atoms. The molecule has 0 aliphatic carbocycles. The number of amides is 1. The summed E-state index contributed by atoms with van der Waals surface area (Å²) in [5, 5.41) is 9.06. The highest BCUT2D eigenvalue weighted by Gasteiger charge is 2.23. The maximum Gasteiger partial charge on any atom is 0.339 e. The lowest BCUT2D eigenvalue weighted by Crippen LogP contribution is -2.28. The monoisotopic (exact) mass is 343 g/mol. The first-order chi connectivity index (χ1) is 11.7. The predicted molar refractivity (Wildman–Crippen MR) is 95.6 cm³/mol. The van der Waals surface area contributed by atoms with Crippen molar-refractivity contribution in [1.82, 2.24) is 4.90 Å². The summed E-state index contributed by atoms with van der Waals surface area (Å²) in [5.41, 5.74) is 1.26. The molecular weight excluding hydrogens is 318 g/mol. The second-order valence-electron chi connectivity index (χ2n) is 6.99. The number of carboxylic acids is 1. The summed E-state index contributed by atoms with van der Waals surface area (Å²) in [6, 6.07) is 11.6. The molecule has 0 aliphatic rings. The van der Waals surface area contributed by atoms with Crippen molar-refractivity contribution in [2.45, 2.75) is 45.6 Å². The zero-order valence-electron chi connectivity index (χ0n) is 15.2. The molecule has 1 heterocycles. The highest BCUT2D eigenvalue weighted by molar-refractivity contribution is 5.88. The lowest BCUT2D eigenvalue weighted by atomic mass is 9.80. The van der Waals surface area contributed by atoms with E-state index in [1.807, 2.05) is 18.2 Å². The molecule has 0 saturated carbocycles. The SMILES string of the molecule is Cc1oc(CN(C)C(=O)CCC(C)(C)c2ccccc2)cc1C(=O)O. The Hall–Kier alpha value is -2.56. The molecule has 1 amide bonds. The fourth-order valence-corrected chi connectivity index (χ4v) is 2.80. The van der Waals surface area contributed by atoms with Gasteiger partial charge in [0.15, 0.2) is 0 Å². The molecule has 2 aromatic rings. The van der Waals surface area contributed by atoms with Gasteiger partial charge in [-0.25, -0.2) is 4.79 Å². The van der Waals surface area contributed by atoms with Crippen LogP contribution in [0.1, 0.15) is 54.1 Å². The number of aryl methyl sites for hydroxylation is 1. The summed E-state index contributed by atoms with van der Waals surface area (Å²) >= 11 is 0. The first-order valence-corrected chi connectivity index (χ1v) is 8.33. The number of hydrogen-bond acceptors (Lipinski definition) is 3. The Morgan fingerprint density at radius 3 is 2.40 bits per heavy atom. The number of nitrogens with zero attached hydrogens (tertiary/aromatic N) is 1. The Bertz CT molecular complexity index is 746. The summed E-state index contributed by atoms with van der Waals surface area (Å²) in [6.07, 6.45) is 1.15. The van der Waals surface area contributed by atoms with E-state index in [0.717, 1.165) is 6.42 Å². The number of carboxylic acid groups (broad SMARTS) is 1. The minimum atomic E-state index is -1.02. The Morgan fingerprint density at radius 2 is 1.84 bits per heavy atom. The molecule has 2 rings (SSSR count). The average molecular weight is 343 g/mol. The van der Waals surface area contributed by atoms with Gasteiger partial charge in [0.05, 0.1) is 6.54 Å². The number of hydrogen-bond donors (Lipinski definition) is 1. The van der Waals surface area contributed by atoms with E-state index < -0.39 is 5.97 Å². The van der Waals surface area contributed by atoms with Gasteiger partial charge in [-0.1, -0.05) is 44.2 Å². The topological polar surface area (TPSA) is 70.8 Å². The zero-order chi connectivity index (χ0) is 18.6. The minimum Gasteiger partial charge on any atom is -0.478 e. The van der Waals surface area contributed by atoms with Crippen molar-refractivity contribution in [3.05, 3.63) is 59.0 Å². The van der Waals surface area contributed by atoms with Crippen LogP contribution in [0.25, 0.3) is 0 Å². The van der Waals surface area contributed by atoms with Crippen molar-refractivity contribution in [2.24, 2.45) is 0 Å². The Morgan fingerprint density at radius 1 is 1.20 bits per heavy atom. The summed E-state index contributed by atoms with van der Waals surface area (Å²) in [4.78, 5) is 25.1. The van der Waals surface area contributed by atoms with Crippen LogP contribution < -0.4 is 0 Å². The standard InChI is InChI=1S/C20H25NO4/c1-14-17(19(23)24)12-16(25-14)13-21(4)18(22)10-11-20(2,3)15-8-6-5-7-9-15/h5-9,12H,10-11,13H2,1-4H3,(H,23,24). The van der Waals surface area contributed by atoms with Gasteiger partial charge in [-0.2, -0.15) is 0 Å². The number of carbonyl (C=O) groups is 2. The molecule has 1 aromatic heterocycles. The van der Waals surface area contributed by atoms with Gasteiger partial charge in [-0.15, -0.1) is 0 Å². The molecule has 5 nitrogen and oxygen atoms in total. The Labute approximate surface area is 148 Å². The fraction of sp³-hybridized carbons (Fsp3) is 0.400. The van der Waals surface area contributed by atoms with Crippen LogP contribution in [-0.2, 0) is 16.8 Å². The van der Waals surface area contributed by atoms with E-state index in [1.165, 1.54) is 11.6 Å². The maximum atomic E-state index is 12.4. The highest BCUT2D eigenvalue weighted by atomic mass is 16.4. The van der Waals surface area contributed by atoms with Crippen molar-refractivity contribution in [2.75, 3.05) is 7.05 Å². The van der Waals surface area contributed by atoms with E-state index in [0.29, 0.717) is 17.9 Å². The molecule has 5 heteroatoms. The molecule has 0 aliphatic heterocycles. The first kappa shape index (κ1) is 18.8. The average Bonchev–Trinajstić information content (AvgIpc) is 2.94. The van der Waals surface area contributed by atoms with Gasteiger partial charge in [-0.3, -0.25) is 4.79 Å². The van der Waals surface area contributed by atoms with Crippen LogP contribution in [-0.4, -0.2) is 28.9 Å². The highest BCUT2D eigenvalue weighted by Crippen LogP contribution is 2.28. The van der Waals surface area contributed by atoms with Crippen LogP contribution in [0.5, 0.6) is 0 Å². The number of aromatic carboxylic acids is 1. The van der Waals surface area contributed by atoms with Crippen LogP contribution in [0.15, 0.2) is 40.8 Å². The summed E-state index contributed by atoms with van der Waals surface area (Å²) < 4.78 is 5.44. The summed E-state index contributed by atoms with van der Waals surface area (Å²) in [5.74, 6) is -0.178. The van der Waals surface area contributed by atoms with Gasteiger partial charge in [-0.05, 0) is 30.4 Å². The third-order valence-corrected chi connectivity index (χ3v) is 4.54. The second kappa shape index (κ2) is 7.55. The Balaban J connectivity index is 1.94. The van der Waals surface area contributed by atoms with Crippen LogP contribution in [0.4, 0.5) is 0 Å². The van der Waals surface area contributed by atoms with E-state index in [9.17, 15) is 9.59 Å². The summed E-state index contributed by atoms with van der Waals surface area (Å²) in [6.45, 7) is 6.13. The van der Waals surface area contributed by atoms with E-state index in [1.54, 1.807) is 18.9 Å². The van der Waals surface area contributed by atoms with Gasteiger partial charge in [0.2, 0.25) is 5.91 Å². The summed E-state index contributed by atoms with van der Waals surface area (Å²) in [7, 11) is 1.70. The van der Waals surface area contributed by atoms with Gasteiger partial charge in [0, 0.05) is 13.5 Å². The van der Waals surface area contributed by atoms with E-state index >= 15 is 0 Å². The lowest BCUT2D eigenvalue weighted by Gasteiger charge is -2.26. The molecule has 0 saturated heterocycles. The molecule has 1 N–H and O–H groups in total. The van der Waals surface area contributed by atoms with Crippen molar-refractivity contribution in [1.29, 1.82) is 0 Å². The van der Waals surface area contributed by atoms with Crippen LogP contribution in [0.2, 0.25) is 0 Å².